The summed E-state index contributed by atoms with van der Waals surface area (Å²) in [4.78, 5) is 76.0. The van der Waals surface area contributed by atoms with Crippen LogP contribution in [0.25, 0.3) is 22.1 Å². The van der Waals surface area contributed by atoms with Crippen LogP contribution in [0.3, 0.4) is 0 Å². The molecule has 27 nitrogen and oxygen atoms in total. The number of imidazole rings is 1. The van der Waals surface area contributed by atoms with Crippen LogP contribution in [0.2, 0.25) is 0 Å². The number of fused-ring (bicyclic) bond motifs is 2. The zero-order valence-electron chi connectivity index (χ0n) is 33.5. The van der Waals surface area contributed by atoms with Gasteiger partial charge in [0.15, 0.2) is 30.3 Å². The number of phosphoric ester groups is 2. The van der Waals surface area contributed by atoms with E-state index in [1.807, 2.05) is 0 Å². The average molecular weight is 950 g/mol. The fourth-order valence-corrected chi connectivity index (χ4v) is 8.12. The first-order chi connectivity index (χ1) is 28.8. The molecule has 2 aliphatic heterocycles. The fourth-order valence-electron chi connectivity index (χ4n) is 6.04. The monoisotopic (exact) mass is 949 g/mol. The van der Waals surface area contributed by atoms with Crippen molar-refractivity contribution in [3.63, 3.8) is 0 Å². The number of H-pyrrole nitrogens is 1. The van der Waals surface area contributed by atoms with E-state index in [4.69, 9.17) is 29.2 Å². The van der Waals surface area contributed by atoms with Crippen molar-refractivity contribution in [3.05, 3.63) is 56.9 Å². The number of aliphatic hydroxyl groups excluding tert-OH is 5. The third-order valence-electron chi connectivity index (χ3n) is 9.06. The number of ether oxygens (including phenoxy) is 3. The minimum absolute atomic E-state index is 0. The van der Waals surface area contributed by atoms with Gasteiger partial charge in [0.25, 0.3) is 27.1 Å². The molecule has 4 aromatic rings. The number of hydrogen-bond donors (Lipinski definition) is 8. The molecular formula is C32H39N7Na2O20P2. The van der Waals surface area contributed by atoms with Crippen LogP contribution in [0.1, 0.15) is 24.6 Å². The molecule has 6 rings (SSSR count). The van der Waals surface area contributed by atoms with Crippen LogP contribution >= 0.6 is 15.6 Å². The number of oxime groups is 1. The van der Waals surface area contributed by atoms with E-state index in [1.165, 1.54) is 12.1 Å². The van der Waals surface area contributed by atoms with Crippen molar-refractivity contribution in [1.82, 2.24) is 24.8 Å². The number of rotatable bonds is 18. The summed E-state index contributed by atoms with van der Waals surface area (Å²) in [5.41, 5.74) is 5.02. The number of amides is 1. The van der Waals surface area contributed by atoms with Crippen LogP contribution in [0.15, 0.2) is 49.8 Å². The Bertz CT molecular complexity index is 2460. The van der Waals surface area contributed by atoms with Crippen molar-refractivity contribution in [2.45, 2.75) is 75.0 Å². The van der Waals surface area contributed by atoms with Crippen molar-refractivity contribution in [2.24, 2.45) is 5.16 Å². The summed E-state index contributed by atoms with van der Waals surface area (Å²) in [6.07, 6.45) is -14.4. The summed E-state index contributed by atoms with van der Waals surface area (Å²) in [5.74, 6) is -0.413. The van der Waals surface area contributed by atoms with E-state index in [2.05, 4.69) is 38.8 Å². The van der Waals surface area contributed by atoms with Crippen LogP contribution in [0, 0.1) is 6.92 Å². The predicted octanol–water partition coefficient (Wildman–Crippen LogP) is -9.48. The van der Waals surface area contributed by atoms with Gasteiger partial charge >= 0.3 is 64.7 Å². The SMILES string of the molecule is Cc1cc(=O)oc2cc(OCC(=O)NCCCCON=CC3OC(OP(=O)([O-])OP(=O)([O-])OCC4OC(n5cnc6c(=O)[nH]c(N)nc65)C(O)C4O)C(O)C(O)C3O)ccc12.[Na+].[Na+]. The van der Waals surface area contributed by atoms with Gasteiger partial charge in [0.1, 0.15) is 60.7 Å². The summed E-state index contributed by atoms with van der Waals surface area (Å²) in [5, 5.41) is 58.8. The molecule has 63 heavy (non-hydrogen) atoms. The number of nitrogens with one attached hydrogen (secondary N) is 2. The van der Waals surface area contributed by atoms with E-state index >= 15 is 0 Å². The Balaban J connectivity index is 0.00000436. The molecule has 0 spiro atoms. The third-order valence-corrected chi connectivity index (χ3v) is 11.6. The zero-order chi connectivity index (χ0) is 44.2. The fraction of sp³-hybridized carbons (Fsp3) is 0.500. The van der Waals surface area contributed by atoms with E-state index in [-0.39, 0.29) is 96.0 Å². The van der Waals surface area contributed by atoms with Crippen molar-refractivity contribution < 1.29 is 145 Å². The first kappa shape index (κ1) is 52.9. The number of carbonyl (C=O) groups is 1. The third kappa shape index (κ3) is 13.5. The van der Waals surface area contributed by atoms with E-state index in [1.54, 1.807) is 19.1 Å². The number of anilines is 1. The Morgan fingerprint density at radius 3 is 2.52 bits per heavy atom. The molecule has 334 valence electrons. The van der Waals surface area contributed by atoms with Gasteiger partial charge in [0.05, 0.1) is 19.1 Å². The summed E-state index contributed by atoms with van der Waals surface area (Å²) in [7, 11) is -11.9. The minimum Gasteiger partial charge on any atom is -0.756 e. The number of aliphatic hydroxyl groups is 5. The number of nitrogen functional groups attached to an aromatic ring is 1. The Labute approximate surface area is 398 Å². The maximum atomic E-state index is 12.6. The molecule has 31 heteroatoms. The van der Waals surface area contributed by atoms with Crippen molar-refractivity contribution in [2.75, 3.05) is 32.1 Å². The molecule has 1 aromatic carbocycles. The maximum absolute atomic E-state index is 12.6. The number of nitrogens with two attached hydrogens (primary N) is 1. The zero-order valence-corrected chi connectivity index (χ0v) is 39.3. The Morgan fingerprint density at radius 1 is 1.03 bits per heavy atom. The van der Waals surface area contributed by atoms with Crippen LogP contribution in [0.5, 0.6) is 5.75 Å². The quantitative estimate of drug-likeness (QED) is 0.0115. The molecule has 3 aromatic heterocycles. The Hall–Kier alpha value is -2.70. The largest absolute Gasteiger partial charge is 1.00 e. The summed E-state index contributed by atoms with van der Waals surface area (Å²) in [6.45, 7) is 0.549. The molecule has 2 saturated heterocycles. The van der Waals surface area contributed by atoms with Gasteiger partial charge in [-0.1, -0.05) is 5.16 Å². The van der Waals surface area contributed by atoms with Gasteiger partial charge in [-0.2, -0.15) is 4.98 Å². The summed E-state index contributed by atoms with van der Waals surface area (Å²) < 4.78 is 60.4. The molecule has 0 aliphatic carbocycles. The van der Waals surface area contributed by atoms with Crippen molar-refractivity contribution in [1.29, 1.82) is 0 Å². The molecule has 5 heterocycles. The van der Waals surface area contributed by atoms with Gasteiger partial charge in [0, 0.05) is 24.1 Å². The number of phosphoric acid groups is 2. The molecule has 0 radical (unpaired) electrons. The summed E-state index contributed by atoms with van der Waals surface area (Å²) in [6, 6.07) is 6.21. The van der Waals surface area contributed by atoms with Gasteiger partial charge in [-0.05, 0) is 37.5 Å². The molecule has 9 N–H and O–H groups in total. The van der Waals surface area contributed by atoms with Gasteiger partial charge in [-0.3, -0.25) is 32.8 Å². The van der Waals surface area contributed by atoms with Crippen LogP contribution < -0.4 is 95.9 Å². The number of unbranched alkanes of at least 4 members (excludes halogenated alkanes) is 1. The molecule has 0 saturated carbocycles. The van der Waals surface area contributed by atoms with Crippen LogP contribution in [-0.4, -0.2) is 133 Å². The van der Waals surface area contributed by atoms with Gasteiger partial charge < -0.3 is 74.4 Å². The number of aromatic amines is 1. The average Bonchev–Trinajstić information content (AvgIpc) is 3.73. The molecule has 2 fully saturated rings. The minimum atomic E-state index is -6.03. The molecule has 1 amide bonds. The van der Waals surface area contributed by atoms with Gasteiger partial charge in [0.2, 0.25) is 5.95 Å². The molecule has 2 aliphatic rings. The standard InChI is InChI=1S/C32H41N7O20P2.2Na/c1-14-8-21(41)55-17-9-15(4-5-16(14)17)52-12-20(40)34-6-2-3-7-53-36-10-18-23(42)25(44)27(46)31(57-18)58-61(50,51)59-60(48,49)54-11-19-24(43)26(45)30(56-19)39-13-35-22-28(39)37-32(33)38-29(22)47;;/h4-5,8-10,13,18-19,23-27,30-31,42-46H,2-3,6-7,11-12H2,1H3,(H,34,40)(H,48,49)(H,50,51)(H3,33,37,38,47);;/q;2*+1/p-2. The number of aromatic nitrogens is 4. The van der Waals surface area contributed by atoms with E-state index in [0.29, 0.717) is 24.2 Å². The number of hydrogen-bond acceptors (Lipinski definition) is 24. The van der Waals surface area contributed by atoms with Gasteiger partial charge in [-0.25, -0.2) is 14.1 Å². The number of benzene rings is 1. The molecule has 11 unspecified atom stereocenters. The molecular weight excluding hydrogens is 910 g/mol. The van der Waals surface area contributed by atoms with Crippen LogP contribution in [-0.2, 0) is 41.6 Å². The predicted molar refractivity (Wildman–Crippen MR) is 198 cm³/mol. The van der Waals surface area contributed by atoms with E-state index in [0.717, 1.165) is 28.1 Å². The second-order valence-corrected chi connectivity index (χ2v) is 16.4. The number of aryl methyl sites for hydroxylation is 1. The topological polar surface area (TPSA) is 407 Å². The first-order valence-electron chi connectivity index (χ1n) is 18.0. The maximum Gasteiger partial charge on any atom is 1.00 e. The Kier molecular flexibility index (Phi) is 19.0. The molecule has 0 bridgehead atoms. The van der Waals surface area contributed by atoms with Gasteiger partial charge in [-0.15, -0.1) is 0 Å². The smallest absolute Gasteiger partial charge is 0.756 e. The van der Waals surface area contributed by atoms with Crippen molar-refractivity contribution in [3.8, 4) is 5.75 Å². The first-order valence-corrected chi connectivity index (χ1v) is 20.9. The molecule has 11 atom stereocenters. The number of nitrogens with zero attached hydrogens (tertiary/aromatic N) is 4. The Morgan fingerprint density at radius 2 is 1.78 bits per heavy atom. The van der Waals surface area contributed by atoms with E-state index in [9.17, 15) is 58.8 Å². The second kappa shape index (κ2) is 22.7. The normalized spacial score (nSPS) is 26.7. The second-order valence-electron chi connectivity index (χ2n) is 13.5. The van der Waals surface area contributed by atoms with E-state index < -0.39 is 94.6 Å². The summed E-state index contributed by atoms with van der Waals surface area (Å²) >= 11 is 0. The van der Waals surface area contributed by atoms with Crippen LogP contribution in [0.4, 0.5) is 5.95 Å². The number of carbonyl (C=O) groups excluding carboxylic acids is 1. The van der Waals surface area contributed by atoms with Crippen molar-refractivity contribution >= 4 is 55.8 Å².